The van der Waals surface area contributed by atoms with Gasteiger partial charge in [0.05, 0.1) is 12.3 Å². The number of rotatable bonds is 2. The summed E-state index contributed by atoms with van der Waals surface area (Å²) in [5, 5.41) is 4.06. The number of carbonyl (C=O) groups excluding carboxylic acids is 1. The first kappa shape index (κ1) is 15.3. The van der Waals surface area contributed by atoms with E-state index in [1.807, 2.05) is 61.2 Å². The summed E-state index contributed by atoms with van der Waals surface area (Å²) in [7, 11) is 0. The maximum absolute atomic E-state index is 13.0. The standard InChI is InChI=1S/C21H18N2O3/c1-13-19(14(2)26-22-13)15-8-9-17-18(12-15)21(16-6-4-3-5-7-16)23(20(17)24)10-11-25-21/h3-9,12H,10-11H2,1-2H3. The zero-order chi connectivity index (χ0) is 17.9. The molecule has 1 amide bonds. The fourth-order valence-electron chi connectivity index (χ4n) is 4.25. The molecular formula is C21H18N2O3. The third-order valence-corrected chi connectivity index (χ3v) is 5.35. The fourth-order valence-corrected chi connectivity index (χ4v) is 4.25. The van der Waals surface area contributed by atoms with Gasteiger partial charge in [-0.25, -0.2) is 0 Å². The maximum atomic E-state index is 13.0. The summed E-state index contributed by atoms with van der Waals surface area (Å²) in [4.78, 5) is 14.8. The van der Waals surface area contributed by atoms with E-state index in [0.29, 0.717) is 18.7 Å². The van der Waals surface area contributed by atoms with E-state index in [2.05, 4.69) is 11.2 Å². The number of aromatic nitrogens is 1. The molecule has 3 aromatic rings. The summed E-state index contributed by atoms with van der Waals surface area (Å²) in [6.07, 6.45) is 0. The van der Waals surface area contributed by atoms with Crippen LogP contribution in [-0.2, 0) is 10.5 Å². The van der Waals surface area contributed by atoms with Crippen molar-refractivity contribution in [1.82, 2.24) is 10.1 Å². The Bertz CT molecular complexity index is 1010. The van der Waals surface area contributed by atoms with Crippen LogP contribution in [0.15, 0.2) is 53.1 Å². The molecule has 0 aliphatic carbocycles. The highest BCUT2D eigenvalue weighted by Gasteiger charge is 2.55. The van der Waals surface area contributed by atoms with E-state index in [9.17, 15) is 4.79 Å². The van der Waals surface area contributed by atoms with Gasteiger partial charge in [-0.05, 0) is 31.5 Å². The van der Waals surface area contributed by atoms with Crippen LogP contribution in [0.2, 0.25) is 0 Å². The number of carbonyl (C=O) groups is 1. The SMILES string of the molecule is Cc1noc(C)c1-c1ccc2c(c1)C1(c3ccccc3)OCCN1C2=O. The molecule has 1 saturated heterocycles. The highest BCUT2D eigenvalue weighted by atomic mass is 16.5. The number of fused-ring (bicyclic) bond motifs is 3. The lowest BCUT2D eigenvalue weighted by Gasteiger charge is -2.32. The number of hydrogen-bond acceptors (Lipinski definition) is 4. The Labute approximate surface area is 151 Å². The molecule has 1 unspecified atom stereocenters. The zero-order valence-corrected chi connectivity index (χ0v) is 14.7. The van der Waals surface area contributed by atoms with Crippen molar-refractivity contribution in [3.63, 3.8) is 0 Å². The summed E-state index contributed by atoms with van der Waals surface area (Å²) in [5.74, 6) is 0.788. The fraction of sp³-hybridized carbons (Fsp3) is 0.238. The van der Waals surface area contributed by atoms with Gasteiger partial charge in [-0.2, -0.15) is 0 Å². The van der Waals surface area contributed by atoms with Crippen molar-refractivity contribution < 1.29 is 14.1 Å². The topological polar surface area (TPSA) is 55.6 Å². The average molecular weight is 346 g/mol. The minimum Gasteiger partial charge on any atom is -0.361 e. The predicted octanol–water partition coefficient (Wildman–Crippen LogP) is 3.65. The molecule has 0 N–H and O–H groups in total. The van der Waals surface area contributed by atoms with Gasteiger partial charge in [0.15, 0.2) is 5.72 Å². The Hall–Kier alpha value is -2.92. The van der Waals surface area contributed by atoms with Crippen LogP contribution in [0.5, 0.6) is 0 Å². The highest BCUT2D eigenvalue weighted by Crippen LogP contribution is 2.49. The molecule has 0 spiro atoms. The summed E-state index contributed by atoms with van der Waals surface area (Å²) < 4.78 is 11.6. The first-order chi connectivity index (χ1) is 12.6. The largest absolute Gasteiger partial charge is 0.361 e. The van der Waals surface area contributed by atoms with Crippen LogP contribution < -0.4 is 0 Å². The van der Waals surface area contributed by atoms with Gasteiger partial charge >= 0.3 is 0 Å². The molecule has 2 aromatic carbocycles. The van der Waals surface area contributed by atoms with E-state index in [1.54, 1.807) is 0 Å². The monoisotopic (exact) mass is 346 g/mol. The van der Waals surface area contributed by atoms with Gasteiger partial charge in [-0.15, -0.1) is 0 Å². The number of ether oxygens (including phenoxy) is 1. The molecule has 3 heterocycles. The highest BCUT2D eigenvalue weighted by molar-refractivity contribution is 6.01. The molecule has 2 aliphatic heterocycles. The molecule has 1 fully saturated rings. The maximum Gasteiger partial charge on any atom is 0.257 e. The second kappa shape index (κ2) is 5.29. The molecule has 2 aliphatic rings. The van der Waals surface area contributed by atoms with E-state index in [-0.39, 0.29) is 5.91 Å². The molecule has 5 nitrogen and oxygen atoms in total. The third kappa shape index (κ3) is 1.83. The normalized spacial score (nSPS) is 21.2. The summed E-state index contributed by atoms with van der Waals surface area (Å²) >= 11 is 0. The average Bonchev–Trinajstić information content (AvgIpc) is 3.31. The smallest absolute Gasteiger partial charge is 0.257 e. The van der Waals surface area contributed by atoms with E-state index < -0.39 is 5.72 Å². The lowest BCUT2D eigenvalue weighted by atomic mass is 9.90. The lowest BCUT2D eigenvalue weighted by molar-refractivity contribution is -0.0303. The second-order valence-electron chi connectivity index (χ2n) is 6.77. The molecule has 5 rings (SSSR count). The van der Waals surface area contributed by atoms with Gasteiger partial charge in [0.25, 0.3) is 5.91 Å². The number of nitrogens with zero attached hydrogens (tertiary/aromatic N) is 2. The van der Waals surface area contributed by atoms with Gasteiger partial charge in [-0.1, -0.05) is 41.6 Å². The zero-order valence-electron chi connectivity index (χ0n) is 14.7. The van der Waals surface area contributed by atoms with Gasteiger partial charge < -0.3 is 9.26 Å². The van der Waals surface area contributed by atoms with E-state index >= 15 is 0 Å². The first-order valence-corrected chi connectivity index (χ1v) is 8.72. The van der Waals surface area contributed by atoms with E-state index in [0.717, 1.165) is 33.7 Å². The van der Waals surface area contributed by atoms with Crippen LogP contribution in [-0.4, -0.2) is 29.1 Å². The predicted molar refractivity (Wildman–Crippen MR) is 95.6 cm³/mol. The quantitative estimate of drug-likeness (QED) is 0.711. The lowest BCUT2D eigenvalue weighted by Crippen LogP contribution is -2.40. The van der Waals surface area contributed by atoms with Gasteiger partial charge in [0, 0.05) is 28.8 Å². The van der Waals surface area contributed by atoms with E-state index in [4.69, 9.17) is 9.26 Å². The van der Waals surface area contributed by atoms with Crippen molar-refractivity contribution in [1.29, 1.82) is 0 Å². The number of aryl methyl sites for hydroxylation is 2. The van der Waals surface area contributed by atoms with Crippen molar-refractivity contribution in [2.75, 3.05) is 13.2 Å². The number of amides is 1. The van der Waals surface area contributed by atoms with Crippen LogP contribution in [0.4, 0.5) is 0 Å². The van der Waals surface area contributed by atoms with Crippen molar-refractivity contribution in [3.8, 4) is 11.1 Å². The molecular weight excluding hydrogens is 328 g/mol. The Morgan fingerprint density at radius 1 is 1.12 bits per heavy atom. The van der Waals surface area contributed by atoms with Crippen LogP contribution >= 0.6 is 0 Å². The van der Waals surface area contributed by atoms with Crippen LogP contribution in [0.1, 0.15) is 32.9 Å². The molecule has 0 radical (unpaired) electrons. The number of hydrogen-bond donors (Lipinski definition) is 0. The first-order valence-electron chi connectivity index (χ1n) is 8.72. The van der Waals surface area contributed by atoms with Gasteiger partial charge in [0.2, 0.25) is 0 Å². The van der Waals surface area contributed by atoms with Crippen LogP contribution in [0, 0.1) is 13.8 Å². The Morgan fingerprint density at radius 2 is 1.92 bits per heavy atom. The molecule has 26 heavy (non-hydrogen) atoms. The molecule has 0 saturated carbocycles. The number of benzene rings is 2. The van der Waals surface area contributed by atoms with Crippen molar-refractivity contribution in [3.05, 3.63) is 76.7 Å². The van der Waals surface area contributed by atoms with Crippen molar-refractivity contribution >= 4 is 5.91 Å². The van der Waals surface area contributed by atoms with Crippen molar-refractivity contribution in [2.45, 2.75) is 19.6 Å². The summed E-state index contributed by atoms with van der Waals surface area (Å²) in [6.45, 7) is 4.94. The molecule has 0 bridgehead atoms. The summed E-state index contributed by atoms with van der Waals surface area (Å²) in [6, 6.07) is 15.9. The summed E-state index contributed by atoms with van der Waals surface area (Å²) in [5.41, 5.74) is 4.52. The minimum atomic E-state index is -0.845. The van der Waals surface area contributed by atoms with Crippen LogP contribution in [0.3, 0.4) is 0 Å². The Morgan fingerprint density at radius 3 is 2.65 bits per heavy atom. The Kier molecular flexibility index (Phi) is 3.12. The minimum absolute atomic E-state index is 0.0201. The Balaban J connectivity index is 1.77. The second-order valence-corrected chi connectivity index (χ2v) is 6.77. The van der Waals surface area contributed by atoms with Crippen molar-refractivity contribution in [2.24, 2.45) is 0 Å². The van der Waals surface area contributed by atoms with Gasteiger partial charge in [0.1, 0.15) is 5.76 Å². The van der Waals surface area contributed by atoms with E-state index in [1.165, 1.54) is 0 Å². The van der Waals surface area contributed by atoms with Crippen LogP contribution in [0.25, 0.3) is 11.1 Å². The molecule has 5 heteroatoms. The van der Waals surface area contributed by atoms with Gasteiger partial charge in [-0.3, -0.25) is 9.69 Å². The molecule has 1 atom stereocenters. The molecule has 130 valence electrons. The third-order valence-electron chi connectivity index (χ3n) is 5.35. The molecule has 1 aromatic heterocycles.